The summed E-state index contributed by atoms with van der Waals surface area (Å²) in [6, 6.07) is 6.89. The van der Waals surface area contributed by atoms with Crippen LogP contribution >= 0.6 is 0 Å². The maximum absolute atomic E-state index is 13.2. The molecule has 21 heavy (non-hydrogen) atoms. The van der Waals surface area contributed by atoms with Crippen molar-refractivity contribution in [2.45, 2.75) is 50.7 Å². The van der Waals surface area contributed by atoms with E-state index in [1.54, 1.807) is 19.2 Å². The van der Waals surface area contributed by atoms with Crippen LogP contribution in [0, 0.1) is 11.7 Å². The van der Waals surface area contributed by atoms with Crippen LogP contribution in [0.4, 0.5) is 4.39 Å². The molecule has 0 aliphatic carbocycles. The van der Waals surface area contributed by atoms with Gasteiger partial charge in [-0.2, -0.15) is 0 Å². The van der Waals surface area contributed by atoms with Crippen LogP contribution in [0.5, 0.6) is 0 Å². The highest BCUT2D eigenvalue weighted by molar-refractivity contribution is 5.87. The Kier molecular flexibility index (Phi) is 4.24. The number of ether oxygens (including phenoxy) is 1. The van der Waals surface area contributed by atoms with Gasteiger partial charge in [0.15, 0.2) is 0 Å². The average molecular weight is 291 g/mol. The molecule has 1 unspecified atom stereocenters. The van der Waals surface area contributed by atoms with E-state index in [0.29, 0.717) is 12.0 Å². The third-order valence-electron chi connectivity index (χ3n) is 4.74. The van der Waals surface area contributed by atoms with Crippen LogP contribution in [0.25, 0.3) is 0 Å². The van der Waals surface area contributed by atoms with E-state index in [4.69, 9.17) is 9.57 Å². The molecule has 4 heteroatoms. The van der Waals surface area contributed by atoms with Crippen LogP contribution in [0.1, 0.15) is 44.1 Å². The van der Waals surface area contributed by atoms with E-state index in [1.165, 1.54) is 5.56 Å². The summed E-state index contributed by atoms with van der Waals surface area (Å²) in [7, 11) is 1.59. The molecule has 2 aliphatic heterocycles. The van der Waals surface area contributed by atoms with Crippen molar-refractivity contribution >= 4 is 5.71 Å². The number of hydrogen-bond donors (Lipinski definition) is 0. The Bertz CT molecular complexity index is 514. The van der Waals surface area contributed by atoms with E-state index in [2.05, 4.69) is 12.1 Å². The van der Waals surface area contributed by atoms with Gasteiger partial charge in [-0.15, -0.1) is 0 Å². The summed E-state index contributed by atoms with van der Waals surface area (Å²) in [5.74, 6) is 0.386. The Labute approximate surface area is 125 Å². The van der Waals surface area contributed by atoms with Crippen molar-refractivity contribution in [1.82, 2.24) is 0 Å². The fourth-order valence-electron chi connectivity index (χ4n) is 3.84. The van der Waals surface area contributed by atoms with E-state index < -0.39 is 0 Å². The van der Waals surface area contributed by atoms with Gasteiger partial charge in [0.05, 0.1) is 17.9 Å². The monoisotopic (exact) mass is 291 g/mol. The van der Waals surface area contributed by atoms with Crippen LogP contribution in [-0.2, 0) is 9.57 Å². The number of hydrogen-bond acceptors (Lipinski definition) is 3. The van der Waals surface area contributed by atoms with Crippen molar-refractivity contribution in [3.05, 3.63) is 35.6 Å². The van der Waals surface area contributed by atoms with Gasteiger partial charge < -0.3 is 9.57 Å². The predicted octanol–water partition coefficient (Wildman–Crippen LogP) is 3.89. The molecule has 3 nitrogen and oxygen atoms in total. The highest BCUT2D eigenvalue weighted by atomic mass is 19.1. The number of fused-ring (bicyclic) bond motifs is 2. The van der Waals surface area contributed by atoms with Crippen LogP contribution < -0.4 is 0 Å². The van der Waals surface area contributed by atoms with E-state index in [0.717, 1.165) is 31.4 Å². The number of benzene rings is 1. The first-order chi connectivity index (χ1) is 10.2. The summed E-state index contributed by atoms with van der Waals surface area (Å²) >= 11 is 0. The molecule has 114 valence electrons. The summed E-state index contributed by atoms with van der Waals surface area (Å²) < 4.78 is 19.3. The van der Waals surface area contributed by atoms with E-state index in [-0.39, 0.29) is 17.8 Å². The molecule has 2 fully saturated rings. The van der Waals surface area contributed by atoms with Crippen LogP contribution in [0.3, 0.4) is 0 Å². The molecule has 0 spiro atoms. The summed E-state index contributed by atoms with van der Waals surface area (Å²) in [6.45, 7) is 2.10. The molecule has 1 aromatic rings. The minimum atomic E-state index is -0.188. The Hall–Kier alpha value is -1.42. The number of rotatable bonds is 4. The molecule has 4 atom stereocenters. The van der Waals surface area contributed by atoms with Gasteiger partial charge in [0.25, 0.3) is 0 Å². The second-order valence-electron chi connectivity index (χ2n) is 5.91. The Morgan fingerprint density at radius 1 is 1.33 bits per heavy atom. The molecule has 2 bridgehead atoms. The lowest BCUT2D eigenvalue weighted by atomic mass is 9.76. The van der Waals surface area contributed by atoms with Crippen molar-refractivity contribution in [3.8, 4) is 0 Å². The van der Waals surface area contributed by atoms with Gasteiger partial charge in [0, 0.05) is 5.92 Å². The molecule has 0 saturated carbocycles. The normalized spacial score (nSPS) is 32.2. The molecular formula is C17H22FNO2. The van der Waals surface area contributed by atoms with Crippen molar-refractivity contribution < 1.29 is 14.0 Å². The molecule has 3 rings (SSSR count). The SMILES string of the molecule is CCC(=NOC)[C@@H]1[C@H]2CCC(C[C@H]1c1ccc(F)cc1)O2. The number of nitrogens with zero attached hydrogens (tertiary/aromatic N) is 1. The molecule has 2 saturated heterocycles. The summed E-state index contributed by atoms with van der Waals surface area (Å²) in [5.41, 5.74) is 2.23. The molecular weight excluding hydrogens is 269 g/mol. The Morgan fingerprint density at radius 2 is 2.10 bits per heavy atom. The predicted molar refractivity (Wildman–Crippen MR) is 79.9 cm³/mol. The highest BCUT2D eigenvalue weighted by Gasteiger charge is 2.45. The minimum Gasteiger partial charge on any atom is -0.399 e. The number of oxime groups is 1. The zero-order chi connectivity index (χ0) is 14.8. The summed E-state index contributed by atoms with van der Waals surface area (Å²) in [4.78, 5) is 5.03. The topological polar surface area (TPSA) is 30.8 Å². The van der Waals surface area contributed by atoms with Crippen LogP contribution in [0.2, 0.25) is 0 Å². The molecule has 2 heterocycles. The van der Waals surface area contributed by atoms with Gasteiger partial charge in [-0.05, 0) is 49.3 Å². The van der Waals surface area contributed by atoms with Crippen molar-refractivity contribution in [2.24, 2.45) is 11.1 Å². The maximum Gasteiger partial charge on any atom is 0.123 e. The third kappa shape index (κ3) is 2.82. The summed E-state index contributed by atoms with van der Waals surface area (Å²) in [5, 5.41) is 4.24. The van der Waals surface area contributed by atoms with Crippen molar-refractivity contribution in [2.75, 3.05) is 7.11 Å². The zero-order valence-corrected chi connectivity index (χ0v) is 12.6. The molecule has 0 radical (unpaired) electrons. The second kappa shape index (κ2) is 6.14. The van der Waals surface area contributed by atoms with Crippen LogP contribution in [-0.4, -0.2) is 25.0 Å². The van der Waals surface area contributed by atoms with Gasteiger partial charge >= 0.3 is 0 Å². The largest absolute Gasteiger partial charge is 0.399 e. The first-order valence-corrected chi connectivity index (χ1v) is 7.73. The van der Waals surface area contributed by atoms with Crippen molar-refractivity contribution in [3.63, 3.8) is 0 Å². The van der Waals surface area contributed by atoms with Gasteiger partial charge in [0.1, 0.15) is 12.9 Å². The molecule has 2 aliphatic rings. The lowest BCUT2D eigenvalue weighted by Crippen LogP contribution is -2.39. The van der Waals surface area contributed by atoms with Crippen molar-refractivity contribution in [1.29, 1.82) is 0 Å². The highest BCUT2D eigenvalue weighted by Crippen LogP contribution is 2.46. The van der Waals surface area contributed by atoms with Crippen LogP contribution in [0.15, 0.2) is 29.4 Å². The Balaban J connectivity index is 1.95. The molecule has 0 N–H and O–H groups in total. The second-order valence-corrected chi connectivity index (χ2v) is 5.91. The third-order valence-corrected chi connectivity index (χ3v) is 4.74. The molecule has 1 aromatic carbocycles. The molecule has 0 amide bonds. The number of halogens is 1. The maximum atomic E-state index is 13.2. The Morgan fingerprint density at radius 3 is 2.76 bits per heavy atom. The fourth-order valence-corrected chi connectivity index (χ4v) is 3.84. The van der Waals surface area contributed by atoms with E-state index in [1.807, 2.05) is 12.1 Å². The lowest BCUT2D eigenvalue weighted by Gasteiger charge is -2.37. The smallest absolute Gasteiger partial charge is 0.123 e. The van der Waals surface area contributed by atoms with Gasteiger partial charge in [0.2, 0.25) is 0 Å². The minimum absolute atomic E-state index is 0.188. The average Bonchev–Trinajstić information content (AvgIpc) is 2.88. The van der Waals surface area contributed by atoms with E-state index >= 15 is 0 Å². The standard InChI is InChI=1S/C17H22FNO2/c1-3-15(19-20-2)17-14(10-13-8-9-16(17)21-13)11-4-6-12(18)7-5-11/h4-7,13-14,16-17H,3,8-10H2,1-2H3/t13?,14-,16+,17+/m0/s1. The lowest BCUT2D eigenvalue weighted by molar-refractivity contribution is -0.0249. The first-order valence-electron chi connectivity index (χ1n) is 7.73. The molecule has 0 aromatic heterocycles. The first kappa shape index (κ1) is 14.5. The summed E-state index contributed by atoms with van der Waals surface area (Å²) in [6.07, 6.45) is 4.57. The van der Waals surface area contributed by atoms with Gasteiger partial charge in [-0.3, -0.25) is 0 Å². The zero-order valence-electron chi connectivity index (χ0n) is 12.6. The van der Waals surface area contributed by atoms with Gasteiger partial charge in [-0.1, -0.05) is 24.2 Å². The van der Waals surface area contributed by atoms with Gasteiger partial charge in [-0.25, -0.2) is 4.39 Å². The van der Waals surface area contributed by atoms with E-state index in [9.17, 15) is 4.39 Å². The fraction of sp³-hybridized carbons (Fsp3) is 0.588. The quantitative estimate of drug-likeness (QED) is 0.622.